The lowest BCUT2D eigenvalue weighted by Gasteiger charge is -2.02. The van der Waals surface area contributed by atoms with E-state index >= 15 is 0 Å². The second-order valence-electron chi connectivity index (χ2n) is 4.69. The maximum Gasteiger partial charge on any atom is 0.0716 e. The van der Waals surface area contributed by atoms with Gasteiger partial charge in [-0.15, -0.1) is 11.3 Å². The van der Waals surface area contributed by atoms with Crippen molar-refractivity contribution in [3.63, 3.8) is 0 Å². The van der Waals surface area contributed by atoms with E-state index in [1.165, 1.54) is 4.88 Å². The normalized spacial score (nSPS) is 12.0. The maximum absolute atomic E-state index is 6.19. The minimum absolute atomic E-state index is 0.704. The Balaban J connectivity index is 1.98. The SMILES string of the molecule is Clc1ccccc1C=NC(=Cc1cccs1)c1ccccc1. The van der Waals surface area contributed by atoms with E-state index < -0.39 is 0 Å². The van der Waals surface area contributed by atoms with Gasteiger partial charge in [0.1, 0.15) is 0 Å². The van der Waals surface area contributed by atoms with E-state index in [0.717, 1.165) is 16.8 Å². The van der Waals surface area contributed by atoms with Crippen molar-refractivity contribution >= 4 is 40.9 Å². The van der Waals surface area contributed by atoms with Gasteiger partial charge in [0.15, 0.2) is 0 Å². The molecule has 3 rings (SSSR count). The van der Waals surface area contributed by atoms with E-state index in [-0.39, 0.29) is 0 Å². The molecule has 0 saturated heterocycles. The molecule has 2 aromatic carbocycles. The van der Waals surface area contributed by atoms with Gasteiger partial charge in [-0.3, -0.25) is 4.99 Å². The van der Waals surface area contributed by atoms with E-state index in [1.54, 1.807) is 11.3 Å². The van der Waals surface area contributed by atoms with Crippen molar-refractivity contribution < 1.29 is 0 Å². The summed E-state index contributed by atoms with van der Waals surface area (Å²) in [6.07, 6.45) is 3.90. The van der Waals surface area contributed by atoms with Crippen molar-refractivity contribution in [2.45, 2.75) is 0 Å². The van der Waals surface area contributed by atoms with Crippen LogP contribution in [-0.2, 0) is 0 Å². The molecule has 0 aliphatic rings. The lowest BCUT2D eigenvalue weighted by Crippen LogP contribution is -1.85. The molecule has 22 heavy (non-hydrogen) atoms. The summed E-state index contributed by atoms with van der Waals surface area (Å²) in [5, 5.41) is 2.77. The first-order valence-electron chi connectivity index (χ1n) is 6.92. The number of halogens is 1. The first-order chi connectivity index (χ1) is 10.8. The van der Waals surface area contributed by atoms with Crippen LogP contribution in [0.4, 0.5) is 0 Å². The van der Waals surface area contributed by atoms with Gasteiger partial charge in [-0.1, -0.05) is 66.2 Å². The monoisotopic (exact) mass is 323 g/mol. The van der Waals surface area contributed by atoms with Crippen LogP contribution in [0.5, 0.6) is 0 Å². The predicted octanol–water partition coefficient (Wildman–Crippen LogP) is 6.02. The van der Waals surface area contributed by atoms with Crippen molar-refractivity contribution in [3.05, 3.63) is 93.1 Å². The zero-order valence-electron chi connectivity index (χ0n) is 11.8. The van der Waals surface area contributed by atoms with Crippen LogP contribution in [0.1, 0.15) is 16.0 Å². The zero-order chi connectivity index (χ0) is 15.2. The van der Waals surface area contributed by atoms with Crippen LogP contribution >= 0.6 is 22.9 Å². The molecule has 3 aromatic rings. The quantitative estimate of drug-likeness (QED) is 0.521. The van der Waals surface area contributed by atoms with Crippen LogP contribution in [0.2, 0.25) is 5.02 Å². The zero-order valence-corrected chi connectivity index (χ0v) is 13.4. The predicted molar refractivity (Wildman–Crippen MR) is 97.7 cm³/mol. The van der Waals surface area contributed by atoms with Crippen LogP contribution in [0, 0.1) is 0 Å². The third-order valence-electron chi connectivity index (χ3n) is 3.14. The molecule has 1 aromatic heterocycles. The Morgan fingerprint density at radius 2 is 1.68 bits per heavy atom. The fourth-order valence-electron chi connectivity index (χ4n) is 2.03. The number of aliphatic imine (C=N–C) groups is 1. The molecule has 0 unspecified atom stereocenters. The minimum atomic E-state index is 0.704. The van der Waals surface area contributed by atoms with Crippen molar-refractivity contribution in [3.8, 4) is 0 Å². The van der Waals surface area contributed by atoms with Gasteiger partial charge in [0.25, 0.3) is 0 Å². The second-order valence-corrected chi connectivity index (χ2v) is 6.08. The maximum atomic E-state index is 6.19. The highest BCUT2D eigenvalue weighted by molar-refractivity contribution is 7.10. The fraction of sp³-hybridized carbons (Fsp3) is 0. The molecule has 0 saturated carbocycles. The molecule has 0 fully saturated rings. The Morgan fingerprint density at radius 3 is 2.41 bits per heavy atom. The summed E-state index contributed by atoms with van der Waals surface area (Å²) in [5.74, 6) is 0. The largest absolute Gasteiger partial charge is 0.256 e. The van der Waals surface area contributed by atoms with Crippen LogP contribution in [0.3, 0.4) is 0 Å². The van der Waals surface area contributed by atoms with E-state index in [9.17, 15) is 0 Å². The van der Waals surface area contributed by atoms with Gasteiger partial charge < -0.3 is 0 Å². The first-order valence-corrected chi connectivity index (χ1v) is 8.18. The Labute approximate surface area is 139 Å². The topological polar surface area (TPSA) is 12.4 Å². The van der Waals surface area contributed by atoms with Gasteiger partial charge in [0, 0.05) is 27.2 Å². The molecule has 0 atom stereocenters. The highest BCUT2D eigenvalue weighted by Gasteiger charge is 2.01. The number of thiophene rings is 1. The summed E-state index contributed by atoms with van der Waals surface area (Å²) in [6.45, 7) is 0. The smallest absolute Gasteiger partial charge is 0.0716 e. The number of hydrogen-bond donors (Lipinski definition) is 0. The summed E-state index contributed by atoms with van der Waals surface area (Å²) in [5.41, 5.74) is 2.92. The number of nitrogens with zero attached hydrogens (tertiary/aromatic N) is 1. The minimum Gasteiger partial charge on any atom is -0.256 e. The lowest BCUT2D eigenvalue weighted by molar-refractivity contribution is 1.52. The van der Waals surface area contributed by atoms with Crippen molar-refractivity contribution in [2.75, 3.05) is 0 Å². The van der Waals surface area contributed by atoms with Gasteiger partial charge in [-0.05, 0) is 23.6 Å². The Morgan fingerprint density at radius 1 is 0.909 bits per heavy atom. The van der Waals surface area contributed by atoms with E-state index in [0.29, 0.717) is 5.02 Å². The standard InChI is InChI=1S/C19H14ClNS/c20-18-11-5-4-9-16(18)14-21-19(13-17-10-6-12-22-17)15-7-2-1-3-8-15/h1-14H. The van der Waals surface area contributed by atoms with Crippen molar-refractivity contribution in [1.82, 2.24) is 0 Å². The Kier molecular flexibility index (Phi) is 4.84. The summed E-state index contributed by atoms with van der Waals surface area (Å²) < 4.78 is 0. The highest BCUT2D eigenvalue weighted by atomic mass is 35.5. The van der Waals surface area contributed by atoms with Gasteiger partial charge in [-0.2, -0.15) is 0 Å². The van der Waals surface area contributed by atoms with Gasteiger partial charge in [0.2, 0.25) is 0 Å². The second kappa shape index (κ2) is 7.21. The number of hydrogen-bond acceptors (Lipinski definition) is 2. The summed E-state index contributed by atoms with van der Waals surface area (Å²) >= 11 is 7.88. The molecule has 0 radical (unpaired) electrons. The average molecular weight is 324 g/mol. The van der Waals surface area contributed by atoms with Crippen molar-refractivity contribution in [1.29, 1.82) is 0 Å². The number of rotatable bonds is 4. The van der Waals surface area contributed by atoms with Crippen LogP contribution < -0.4 is 0 Å². The van der Waals surface area contributed by atoms with E-state index in [1.807, 2.05) is 54.7 Å². The molecule has 108 valence electrons. The molecule has 3 heteroatoms. The van der Waals surface area contributed by atoms with Crippen LogP contribution in [0.25, 0.3) is 11.8 Å². The third kappa shape index (κ3) is 3.73. The highest BCUT2D eigenvalue weighted by Crippen LogP contribution is 2.22. The molecule has 0 aliphatic carbocycles. The molecule has 0 amide bonds. The van der Waals surface area contributed by atoms with Crippen molar-refractivity contribution in [2.24, 2.45) is 4.99 Å². The molecule has 0 bridgehead atoms. The molecule has 1 heterocycles. The van der Waals surface area contributed by atoms with Crippen LogP contribution in [0.15, 0.2) is 77.1 Å². The lowest BCUT2D eigenvalue weighted by atomic mass is 10.1. The Hall–Kier alpha value is -2.16. The fourth-order valence-corrected chi connectivity index (χ4v) is 2.87. The van der Waals surface area contributed by atoms with Gasteiger partial charge in [0.05, 0.1) is 5.70 Å². The van der Waals surface area contributed by atoms with E-state index in [2.05, 4.69) is 34.6 Å². The third-order valence-corrected chi connectivity index (χ3v) is 4.30. The summed E-state index contributed by atoms with van der Waals surface area (Å²) in [7, 11) is 0. The molecule has 1 nitrogen and oxygen atoms in total. The van der Waals surface area contributed by atoms with E-state index in [4.69, 9.17) is 11.6 Å². The molecular formula is C19H14ClNS. The number of benzene rings is 2. The summed E-state index contributed by atoms with van der Waals surface area (Å²) in [4.78, 5) is 5.83. The average Bonchev–Trinajstić information content (AvgIpc) is 3.07. The molecule has 0 spiro atoms. The van der Waals surface area contributed by atoms with Gasteiger partial charge >= 0.3 is 0 Å². The molecule has 0 aliphatic heterocycles. The first kappa shape index (κ1) is 14.8. The van der Waals surface area contributed by atoms with Crippen LogP contribution in [-0.4, -0.2) is 6.21 Å². The summed E-state index contributed by atoms with van der Waals surface area (Å²) in [6, 6.07) is 22.0. The van der Waals surface area contributed by atoms with Gasteiger partial charge in [-0.25, -0.2) is 0 Å². The molecule has 0 N–H and O–H groups in total. The Bertz CT molecular complexity index is 789. The molecular weight excluding hydrogens is 310 g/mol.